The molecule has 0 aliphatic heterocycles. The van der Waals surface area contributed by atoms with Crippen LogP contribution < -0.4 is 16.2 Å². The van der Waals surface area contributed by atoms with Crippen LogP contribution >= 0.6 is 12.2 Å². The lowest BCUT2D eigenvalue weighted by Gasteiger charge is -2.12. The van der Waals surface area contributed by atoms with E-state index in [4.69, 9.17) is 12.2 Å². The van der Waals surface area contributed by atoms with Crippen LogP contribution in [-0.4, -0.2) is 17.7 Å². The van der Waals surface area contributed by atoms with Crippen LogP contribution in [0.1, 0.15) is 13.8 Å². The summed E-state index contributed by atoms with van der Waals surface area (Å²) < 4.78 is 0. The molecule has 0 amide bonds. The van der Waals surface area contributed by atoms with Crippen LogP contribution in [-0.2, 0) is 0 Å². The van der Waals surface area contributed by atoms with Gasteiger partial charge in [-0.1, -0.05) is 6.08 Å². The number of hydrogen-bond donors (Lipinski definition) is 3. The first-order valence-corrected chi connectivity index (χ1v) is 3.98. The molecule has 0 fully saturated rings. The Morgan fingerprint density at radius 2 is 2.27 bits per heavy atom. The number of thiocarbonyl (C=S) groups is 1. The van der Waals surface area contributed by atoms with Gasteiger partial charge in [0.25, 0.3) is 0 Å². The number of hydrogen-bond acceptors (Lipinski definition) is 2. The maximum absolute atomic E-state index is 4.91. The summed E-state index contributed by atoms with van der Waals surface area (Å²) in [7, 11) is 0. The zero-order chi connectivity index (χ0) is 8.69. The Balaban J connectivity index is 3.29. The Morgan fingerprint density at radius 3 is 2.73 bits per heavy atom. The fourth-order valence-corrected chi connectivity index (χ4v) is 0.561. The molecule has 11 heavy (non-hydrogen) atoms. The second-order valence-electron chi connectivity index (χ2n) is 2.42. The van der Waals surface area contributed by atoms with Crippen molar-refractivity contribution in [3.8, 4) is 0 Å². The molecule has 0 spiro atoms. The molecule has 0 unspecified atom stereocenters. The van der Waals surface area contributed by atoms with Gasteiger partial charge in [0.05, 0.1) is 0 Å². The summed E-state index contributed by atoms with van der Waals surface area (Å²) in [5, 5.41) is 3.52. The fraction of sp³-hybridized carbons (Fsp3) is 0.571. The third-order valence-electron chi connectivity index (χ3n) is 0.881. The van der Waals surface area contributed by atoms with Crippen LogP contribution in [0.15, 0.2) is 12.7 Å². The highest BCUT2D eigenvalue weighted by Crippen LogP contribution is 1.71. The van der Waals surface area contributed by atoms with Gasteiger partial charge in [0.1, 0.15) is 0 Å². The van der Waals surface area contributed by atoms with Gasteiger partial charge in [-0.3, -0.25) is 5.43 Å². The van der Waals surface area contributed by atoms with Crippen LogP contribution in [0.25, 0.3) is 0 Å². The average Bonchev–Trinajstić information content (AvgIpc) is 1.97. The van der Waals surface area contributed by atoms with Crippen molar-refractivity contribution in [1.29, 1.82) is 0 Å². The second kappa shape index (κ2) is 6.12. The summed E-state index contributed by atoms with van der Waals surface area (Å²) in [6.45, 7) is 8.31. The van der Waals surface area contributed by atoms with Gasteiger partial charge in [-0.05, 0) is 26.1 Å². The minimum absolute atomic E-state index is 0.374. The van der Waals surface area contributed by atoms with Crippen molar-refractivity contribution in [2.24, 2.45) is 0 Å². The molecule has 3 nitrogen and oxygen atoms in total. The molecule has 0 saturated heterocycles. The maximum atomic E-state index is 4.91. The Bertz CT molecular complexity index is 134. The lowest BCUT2D eigenvalue weighted by Crippen LogP contribution is -2.46. The molecule has 0 heterocycles. The first-order chi connectivity index (χ1) is 5.16. The molecule has 0 aliphatic rings. The van der Waals surface area contributed by atoms with E-state index in [-0.39, 0.29) is 0 Å². The Labute approximate surface area is 73.2 Å². The average molecular weight is 173 g/mol. The zero-order valence-corrected chi connectivity index (χ0v) is 7.79. The molecule has 0 saturated carbocycles. The Kier molecular flexibility index (Phi) is 5.78. The number of hydrazine groups is 1. The predicted molar refractivity (Wildman–Crippen MR) is 52.2 cm³/mol. The van der Waals surface area contributed by atoms with Gasteiger partial charge in [0.15, 0.2) is 5.11 Å². The van der Waals surface area contributed by atoms with Crippen molar-refractivity contribution >= 4 is 17.3 Å². The molecule has 0 aliphatic carbocycles. The summed E-state index contributed by atoms with van der Waals surface area (Å²) in [4.78, 5) is 0. The van der Waals surface area contributed by atoms with Crippen LogP contribution in [0.3, 0.4) is 0 Å². The smallest absolute Gasteiger partial charge is 0.181 e. The Morgan fingerprint density at radius 1 is 1.64 bits per heavy atom. The van der Waals surface area contributed by atoms with Gasteiger partial charge in [-0.2, -0.15) is 0 Å². The molecule has 0 aromatic carbocycles. The summed E-state index contributed by atoms with van der Waals surface area (Å²) in [6.07, 6.45) is 1.75. The largest absolute Gasteiger partial charge is 0.358 e. The van der Waals surface area contributed by atoms with E-state index < -0.39 is 0 Å². The van der Waals surface area contributed by atoms with E-state index in [2.05, 4.69) is 22.7 Å². The molecule has 3 N–H and O–H groups in total. The second-order valence-corrected chi connectivity index (χ2v) is 2.83. The van der Waals surface area contributed by atoms with Crippen LogP contribution in [0.4, 0.5) is 0 Å². The van der Waals surface area contributed by atoms with Crippen molar-refractivity contribution in [1.82, 2.24) is 16.2 Å². The molecule has 0 atom stereocenters. The van der Waals surface area contributed by atoms with E-state index in [1.165, 1.54) is 0 Å². The first kappa shape index (κ1) is 10.4. The SMILES string of the molecule is C=CCNC(=S)NNC(C)C. The summed E-state index contributed by atoms with van der Waals surface area (Å²) in [5.41, 5.74) is 5.81. The molecule has 0 aromatic heterocycles. The summed E-state index contributed by atoms with van der Waals surface area (Å²) in [5.74, 6) is 0. The van der Waals surface area contributed by atoms with Gasteiger partial charge in [0.2, 0.25) is 0 Å². The van der Waals surface area contributed by atoms with E-state index >= 15 is 0 Å². The van der Waals surface area contributed by atoms with Crippen LogP contribution in [0.5, 0.6) is 0 Å². The molecular weight excluding hydrogens is 158 g/mol. The van der Waals surface area contributed by atoms with E-state index in [0.717, 1.165) is 0 Å². The van der Waals surface area contributed by atoms with Gasteiger partial charge in [-0.15, -0.1) is 6.58 Å². The quantitative estimate of drug-likeness (QED) is 0.330. The summed E-state index contributed by atoms with van der Waals surface area (Å²) >= 11 is 4.91. The van der Waals surface area contributed by atoms with Crippen molar-refractivity contribution < 1.29 is 0 Å². The summed E-state index contributed by atoms with van der Waals surface area (Å²) in [6, 6.07) is 0.374. The minimum atomic E-state index is 0.374. The van der Waals surface area contributed by atoms with E-state index in [1.54, 1.807) is 6.08 Å². The number of rotatable bonds is 4. The highest BCUT2D eigenvalue weighted by atomic mass is 32.1. The molecular formula is C7H15N3S. The maximum Gasteiger partial charge on any atom is 0.181 e. The fourth-order valence-electron chi connectivity index (χ4n) is 0.419. The molecule has 0 bridgehead atoms. The van der Waals surface area contributed by atoms with Crippen LogP contribution in [0.2, 0.25) is 0 Å². The van der Waals surface area contributed by atoms with Crippen LogP contribution in [0, 0.1) is 0 Å². The Hall–Kier alpha value is -0.610. The third kappa shape index (κ3) is 7.29. The monoisotopic (exact) mass is 173 g/mol. The molecule has 64 valence electrons. The highest BCUT2D eigenvalue weighted by Gasteiger charge is 1.92. The standard InChI is InChI=1S/C7H15N3S/c1-4-5-8-7(11)10-9-6(2)3/h4,6,9H,1,5H2,2-3H3,(H2,8,10,11). The molecule has 4 heteroatoms. The third-order valence-corrected chi connectivity index (χ3v) is 1.13. The normalized spacial score (nSPS) is 9.36. The first-order valence-electron chi connectivity index (χ1n) is 3.57. The van der Waals surface area contributed by atoms with E-state index in [0.29, 0.717) is 17.7 Å². The number of nitrogens with one attached hydrogen (secondary N) is 3. The zero-order valence-electron chi connectivity index (χ0n) is 6.98. The van der Waals surface area contributed by atoms with Gasteiger partial charge < -0.3 is 5.32 Å². The van der Waals surface area contributed by atoms with E-state index in [1.807, 2.05) is 13.8 Å². The van der Waals surface area contributed by atoms with Crippen molar-refractivity contribution in [3.05, 3.63) is 12.7 Å². The van der Waals surface area contributed by atoms with Gasteiger partial charge in [0, 0.05) is 12.6 Å². The molecule has 0 rings (SSSR count). The van der Waals surface area contributed by atoms with E-state index in [9.17, 15) is 0 Å². The lowest BCUT2D eigenvalue weighted by atomic mass is 10.4. The van der Waals surface area contributed by atoms with Crippen molar-refractivity contribution in [3.63, 3.8) is 0 Å². The van der Waals surface area contributed by atoms with Gasteiger partial charge in [-0.25, -0.2) is 5.43 Å². The molecule has 0 aromatic rings. The minimum Gasteiger partial charge on any atom is -0.358 e. The topological polar surface area (TPSA) is 36.1 Å². The highest BCUT2D eigenvalue weighted by molar-refractivity contribution is 7.80. The van der Waals surface area contributed by atoms with Gasteiger partial charge >= 0.3 is 0 Å². The van der Waals surface area contributed by atoms with Crippen molar-refractivity contribution in [2.75, 3.05) is 6.54 Å². The van der Waals surface area contributed by atoms with Crippen molar-refractivity contribution in [2.45, 2.75) is 19.9 Å². The lowest BCUT2D eigenvalue weighted by molar-refractivity contribution is 0.554. The molecule has 0 radical (unpaired) electrons. The predicted octanol–water partition coefficient (Wildman–Crippen LogP) is 0.549.